The van der Waals surface area contributed by atoms with Crippen LogP contribution >= 0.6 is 0 Å². The minimum atomic E-state index is -2.56. The molecule has 0 bridgehead atoms. The predicted molar refractivity (Wildman–Crippen MR) is 47.7 cm³/mol. The highest BCUT2D eigenvalue weighted by molar-refractivity contribution is 5.32. The van der Waals surface area contributed by atoms with Gasteiger partial charge in [0.2, 0.25) is 0 Å². The van der Waals surface area contributed by atoms with E-state index >= 15 is 0 Å². The number of aromatic nitrogens is 1. The molecule has 0 atom stereocenters. The molecule has 1 aromatic heterocycles. The number of nitrogens with zero attached hydrogens (tertiary/aromatic N) is 1. The Hall–Kier alpha value is -1.07. The van der Waals surface area contributed by atoms with Crippen LogP contribution in [0.5, 0.6) is 0 Å². The van der Waals surface area contributed by atoms with Gasteiger partial charge in [0.25, 0.3) is 6.43 Å². The number of nitrogens with two attached hydrogens (primary N) is 1. The quantitative estimate of drug-likeness (QED) is 0.776. The first-order valence-electron chi connectivity index (χ1n) is 4.18. The average molecular weight is 202 g/mol. The van der Waals surface area contributed by atoms with Gasteiger partial charge < -0.3 is 10.8 Å². The van der Waals surface area contributed by atoms with Crippen LogP contribution in [-0.2, 0) is 13.2 Å². The minimum Gasteiger partial charge on any atom is -0.390 e. The molecule has 1 rings (SSSR count). The molecule has 0 unspecified atom stereocenters. The van der Waals surface area contributed by atoms with Gasteiger partial charge in [0.05, 0.1) is 18.0 Å². The second kappa shape index (κ2) is 4.43. The van der Waals surface area contributed by atoms with Crippen molar-refractivity contribution in [2.45, 2.75) is 26.5 Å². The van der Waals surface area contributed by atoms with E-state index in [4.69, 9.17) is 10.8 Å². The van der Waals surface area contributed by atoms with Gasteiger partial charge >= 0.3 is 0 Å². The fraction of sp³-hybridized carbons (Fsp3) is 0.444. The topological polar surface area (TPSA) is 59.1 Å². The summed E-state index contributed by atoms with van der Waals surface area (Å²) in [6.45, 7) is 1.26. The third kappa shape index (κ3) is 2.05. The van der Waals surface area contributed by atoms with Crippen LogP contribution in [0.3, 0.4) is 0 Å². The van der Waals surface area contributed by atoms with Crippen LogP contribution in [0.2, 0.25) is 0 Å². The van der Waals surface area contributed by atoms with Gasteiger partial charge in [0.15, 0.2) is 0 Å². The van der Waals surface area contributed by atoms with Crippen LogP contribution in [0, 0.1) is 6.92 Å². The third-order valence-electron chi connectivity index (χ3n) is 2.06. The van der Waals surface area contributed by atoms with Crippen LogP contribution in [-0.4, -0.2) is 10.1 Å². The van der Waals surface area contributed by atoms with Crippen LogP contribution < -0.4 is 5.73 Å². The second-order valence-electron chi connectivity index (χ2n) is 2.94. The largest absolute Gasteiger partial charge is 0.390 e. The fourth-order valence-electron chi connectivity index (χ4n) is 1.23. The normalized spacial score (nSPS) is 11.0. The first-order valence-corrected chi connectivity index (χ1v) is 4.18. The third-order valence-corrected chi connectivity index (χ3v) is 2.06. The van der Waals surface area contributed by atoms with Gasteiger partial charge in [0.1, 0.15) is 0 Å². The van der Waals surface area contributed by atoms with E-state index in [2.05, 4.69) is 4.98 Å². The molecule has 0 saturated carbocycles. The van der Waals surface area contributed by atoms with E-state index < -0.39 is 6.43 Å². The molecular formula is C9H12F2N2O. The Bertz CT molecular complexity index is 329. The Morgan fingerprint density at radius 3 is 2.64 bits per heavy atom. The van der Waals surface area contributed by atoms with Crippen LogP contribution in [0.4, 0.5) is 8.78 Å². The van der Waals surface area contributed by atoms with Crippen molar-refractivity contribution in [1.82, 2.24) is 4.98 Å². The van der Waals surface area contributed by atoms with Crippen molar-refractivity contribution in [2.24, 2.45) is 5.73 Å². The van der Waals surface area contributed by atoms with E-state index in [1.807, 2.05) is 0 Å². The molecular weight excluding hydrogens is 190 g/mol. The number of hydrogen-bond acceptors (Lipinski definition) is 3. The Kier molecular flexibility index (Phi) is 3.49. The standard InChI is InChI=1S/C9H12F2N2O/c1-5-7(9(10)11)2-6(3-12)13-8(5)4-14/h2,9,14H,3-4,12H2,1H3. The summed E-state index contributed by atoms with van der Waals surface area (Å²) >= 11 is 0. The van der Waals surface area contributed by atoms with Crippen molar-refractivity contribution in [1.29, 1.82) is 0 Å². The summed E-state index contributed by atoms with van der Waals surface area (Å²) in [4.78, 5) is 3.94. The monoisotopic (exact) mass is 202 g/mol. The molecule has 0 aliphatic rings. The van der Waals surface area contributed by atoms with E-state index in [1.54, 1.807) is 0 Å². The van der Waals surface area contributed by atoms with Crippen LogP contribution in [0.1, 0.15) is 28.9 Å². The van der Waals surface area contributed by atoms with Gasteiger partial charge in [-0.1, -0.05) is 0 Å². The highest BCUT2D eigenvalue weighted by Gasteiger charge is 2.15. The summed E-state index contributed by atoms with van der Waals surface area (Å²) in [5.41, 5.74) is 6.17. The zero-order chi connectivity index (χ0) is 10.7. The lowest BCUT2D eigenvalue weighted by Crippen LogP contribution is -2.07. The van der Waals surface area contributed by atoms with Crippen LogP contribution in [0.15, 0.2) is 6.07 Å². The van der Waals surface area contributed by atoms with Gasteiger partial charge in [-0.3, -0.25) is 4.98 Å². The lowest BCUT2D eigenvalue weighted by atomic mass is 10.1. The number of halogens is 2. The Labute approximate surface area is 80.6 Å². The first-order chi connectivity index (χ1) is 6.60. The minimum absolute atomic E-state index is 0.0903. The lowest BCUT2D eigenvalue weighted by molar-refractivity contribution is 0.150. The number of rotatable bonds is 3. The molecule has 0 saturated heterocycles. The number of aliphatic hydroxyl groups excluding tert-OH is 1. The maximum absolute atomic E-state index is 12.5. The summed E-state index contributed by atoms with van der Waals surface area (Å²) in [6.07, 6.45) is -2.56. The molecule has 3 N–H and O–H groups in total. The van der Waals surface area contributed by atoms with Gasteiger partial charge in [-0.15, -0.1) is 0 Å². The zero-order valence-electron chi connectivity index (χ0n) is 7.80. The summed E-state index contributed by atoms with van der Waals surface area (Å²) in [5.74, 6) is 0. The molecule has 0 aliphatic heterocycles. The van der Waals surface area contributed by atoms with E-state index in [0.29, 0.717) is 11.3 Å². The number of alkyl halides is 2. The maximum atomic E-state index is 12.5. The SMILES string of the molecule is Cc1c(C(F)F)cc(CN)nc1CO. The van der Waals surface area contributed by atoms with Gasteiger partial charge in [-0.05, 0) is 18.6 Å². The Morgan fingerprint density at radius 1 is 1.57 bits per heavy atom. The molecule has 14 heavy (non-hydrogen) atoms. The second-order valence-corrected chi connectivity index (χ2v) is 2.94. The molecule has 1 aromatic rings. The smallest absolute Gasteiger partial charge is 0.264 e. The Morgan fingerprint density at radius 2 is 2.21 bits per heavy atom. The van der Waals surface area contributed by atoms with Crippen molar-refractivity contribution >= 4 is 0 Å². The molecule has 0 spiro atoms. The molecule has 0 amide bonds. The summed E-state index contributed by atoms with van der Waals surface area (Å²) in [6, 6.07) is 1.28. The van der Waals surface area contributed by atoms with Crippen molar-refractivity contribution in [3.8, 4) is 0 Å². The number of pyridine rings is 1. The van der Waals surface area contributed by atoms with E-state index in [0.717, 1.165) is 0 Å². The molecule has 78 valence electrons. The van der Waals surface area contributed by atoms with E-state index in [9.17, 15) is 8.78 Å². The number of aliphatic hydroxyl groups is 1. The Balaban J connectivity index is 3.27. The highest BCUT2D eigenvalue weighted by atomic mass is 19.3. The highest BCUT2D eigenvalue weighted by Crippen LogP contribution is 2.24. The number of hydrogen-bond donors (Lipinski definition) is 2. The molecule has 5 heteroatoms. The predicted octanol–water partition coefficient (Wildman–Crippen LogP) is 1.28. The molecule has 1 heterocycles. The van der Waals surface area contributed by atoms with Gasteiger partial charge in [-0.25, -0.2) is 8.78 Å². The zero-order valence-corrected chi connectivity index (χ0v) is 7.80. The molecule has 0 fully saturated rings. The molecule has 0 aromatic carbocycles. The van der Waals surface area contributed by atoms with Crippen molar-refractivity contribution in [2.75, 3.05) is 0 Å². The van der Waals surface area contributed by atoms with Crippen molar-refractivity contribution < 1.29 is 13.9 Å². The van der Waals surface area contributed by atoms with Gasteiger partial charge in [0, 0.05) is 12.1 Å². The summed E-state index contributed by atoms with van der Waals surface area (Å²) in [5, 5.41) is 8.90. The maximum Gasteiger partial charge on any atom is 0.264 e. The summed E-state index contributed by atoms with van der Waals surface area (Å²) in [7, 11) is 0. The van der Waals surface area contributed by atoms with E-state index in [1.165, 1.54) is 13.0 Å². The van der Waals surface area contributed by atoms with E-state index in [-0.39, 0.29) is 24.4 Å². The van der Waals surface area contributed by atoms with Crippen molar-refractivity contribution in [3.05, 3.63) is 28.6 Å². The van der Waals surface area contributed by atoms with Gasteiger partial charge in [-0.2, -0.15) is 0 Å². The fourth-order valence-corrected chi connectivity index (χ4v) is 1.23. The van der Waals surface area contributed by atoms with Crippen molar-refractivity contribution in [3.63, 3.8) is 0 Å². The average Bonchev–Trinajstić information content (AvgIpc) is 2.17. The molecule has 0 aliphatic carbocycles. The molecule has 0 radical (unpaired) electrons. The molecule has 3 nitrogen and oxygen atoms in total. The van der Waals surface area contributed by atoms with Crippen LogP contribution in [0.25, 0.3) is 0 Å². The summed E-state index contributed by atoms with van der Waals surface area (Å²) < 4.78 is 25.0. The first kappa shape index (κ1) is 11.0. The lowest BCUT2D eigenvalue weighted by Gasteiger charge is -2.10.